The van der Waals surface area contributed by atoms with Gasteiger partial charge in [-0.15, -0.1) is 0 Å². The number of nitrogens with zero attached hydrogens (tertiary/aromatic N) is 1. The van der Waals surface area contributed by atoms with Crippen LogP contribution >= 0.6 is 0 Å². The van der Waals surface area contributed by atoms with E-state index in [1.165, 1.54) is 24.3 Å². The molecule has 0 aliphatic carbocycles. The van der Waals surface area contributed by atoms with Gasteiger partial charge in [0, 0.05) is 24.2 Å². The fourth-order valence-corrected chi connectivity index (χ4v) is 3.11. The van der Waals surface area contributed by atoms with Gasteiger partial charge in [-0.05, 0) is 43.5 Å². The van der Waals surface area contributed by atoms with Crippen molar-refractivity contribution in [3.05, 3.63) is 71.3 Å². The van der Waals surface area contributed by atoms with E-state index >= 15 is 0 Å². The van der Waals surface area contributed by atoms with Crippen molar-refractivity contribution in [3.8, 4) is 0 Å². The quantitative estimate of drug-likeness (QED) is 0.824. The molecule has 1 atom stereocenters. The summed E-state index contributed by atoms with van der Waals surface area (Å²) in [5.74, 6) is -1.40. The first kappa shape index (κ1) is 18.6. The predicted octanol–water partition coefficient (Wildman–Crippen LogP) is 2.70. The molecule has 2 amide bonds. The van der Waals surface area contributed by atoms with Gasteiger partial charge in [-0.25, -0.2) is 4.79 Å². The second-order valence-electron chi connectivity index (χ2n) is 6.52. The van der Waals surface area contributed by atoms with Crippen LogP contribution in [0.1, 0.15) is 51.6 Å². The zero-order chi connectivity index (χ0) is 19.2. The summed E-state index contributed by atoms with van der Waals surface area (Å²) in [7, 11) is 0. The molecule has 0 aromatic heterocycles. The van der Waals surface area contributed by atoms with Crippen molar-refractivity contribution in [1.29, 1.82) is 0 Å². The van der Waals surface area contributed by atoms with Crippen LogP contribution < -0.4 is 5.73 Å². The van der Waals surface area contributed by atoms with Crippen LogP contribution in [0.2, 0.25) is 0 Å². The molecule has 1 aliphatic rings. The number of amides is 2. The summed E-state index contributed by atoms with van der Waals surface area (Å²) >= 11 is 0. The van der Waals surface area contributed by atoms with E-state index < -0.39 is 18.0 Å². The lowest BCUT2D eigenvalue weighted by Crippen LogP contribution is -2.40. The van der Waals surface area contributed by atoms with E-state index in [9.17, 15) is 14.4 Å². The molecule has 3 rings (SSSR count). The van der Waals surface area contributed by atoms with Gasteiger partial charge in [-0.1, -0.05) is 30.3 Å². The highest BCUT2D eigenvalue weighted by molar-refractivity contribution is 5.96. The summed E-state index contributed by atoms with van der Waals surface area (Å²) in [4.78, 5) is 38.5. The molecule has 2 N–H and O–H groups in total. The molecule has 1 heterocycles. The second-order valence-corrected chi connectivity index (χ2v) is 6.52. The van der Waals surface area contributed by atoms with Crippen LogP contribution in [0.5, 0.6) is 0 Å². The van der Waals surface area contributed by atoms with E-state index in [0.717, 1.165) is 19.3 Å². The molecule has 1 unspecified atom stereocenters. The molecule has 0 radical (unpaired) electrons. The fraction of sp³-hybridized carbons (Fsp3) is 0.286. The molecule has 1 aliphatic heterocycles. The zero-order valence-electron chi connectivity index (χ0n) is 15.0. The third-order valence-corrected chi connectivity index (χ3v) is 4.62. The van der Waals surface area contributed by atoms with E-state index in [4.69, 9.17) is 10.5 Å². The van der Waals surface area contributed by atoms with Crippen LogP contribution in [0.25, 0.3) is 0 Å². The summed E-state index contributed by atoms with van der Waals surface area (Å²) in [6, 6.07) is 14.9. The summed E-state index contributed by atoms with van der Waals surface area (Å²) in [5.41, 5.74) is 6.41. The minimum Gasteiger partial charge on any atom is -0.444 e. The van der Waals surface area contributed by atoms with Crippen molar-refractivity contribution >= 4 is 17.8 Å². The number of likely N-dealkylation sites (tertiary alicyclic amines) is 1. The highest BCUT2D eigenvalue weighted by Crippen LogP contribution is 2.24. The van der Waals surface area contributed by atoms with Gasteiger partial charge < -0.3 is 15.4 Å². The largest absolute Gasteiger partial charge is 0.444 e. The van der Waals surface area contributed by atoms with Crippen molar-refractivity contribution in [2.45, 2.75) is 25.4 Å². The maximum atomic E-state index is 13.0. The van der Waals surface area contributed by atoms with Gasteiger partial charge in [0.05, 0.1) is 5.56 Å². The average Bonchev–Trinajstić information content (AvgIpc) is 2.72. The fourth-order valence-electron chi connectivity index (χ4n) is 3.11. The van der Waals surface area contributed by atoms with Crippen LogP contribution in [0.15, 0.2) is 54.6 Å². The summed E-state index contributed by atoms with van der Waals surface area (Å²) in [6.07, 6.45) is 2.02. The van der Waals surface area contributed by atoms with Gasteiger partial charge in [-0.2, -0.15) is 0 Å². The molecule has 0 bridgehead atoms. The van der Waals surface area contributed by atoms with Crippen LogP contribution in [-0.2, 0) is 9.53 Å². The molecule has 0 spiro atoms. The molecular weight excluding hydrogens is 344 g/mol. The Labute approximate surface area is 157 Å². The SMILES string of the molecule is NC(=O)c1ccc(C(=O)OC(C(=O)N2CCCCC2)c2ccccc2)cc1. The minimum atomic E-state index is -0.993. The van der Waals surface area contributed by atoms with E-state index in [1.54, 1.807) is 29.2 Å². The standard InChI is InChI=1S/C21H22N2O4/c22-19(24)16-9-11-17(12-10-16)21(26)27-18(15-7-3-1-4-8-15)20(25)23-13-5-2-6-14-23/h1,3-4,7-12,18H,2,5-6,13-14H2,(H2,22,24). The molecule has 2 aromatic rings. The van der Waals surface area contributed by atoms with Crippen molar-refractivity contribution in [1.82, 2.24) is 4.90 Å². The van der Waals surface area contributed by atoms with Gasteiger partial charge in [0.1, 0.15) is 0 Å². The molecule has 6 heteroatoms. The zero-order valence-corrected chi connectivity index (χ0v) is 15.0. The molecular formula is C21H22N2O4. The lowest BCUT2D eigenvalue weighted by atomic mass is 10.1. The number of carbonyl (C=O) groups is 3. The average molecular weight is 366 g/mol. The number of carbonyl (C=O) groups excluding carboxylic acids is 3. The van der Waals surface area contributed by atoms with Crippen LogP contribution in [0.3, 0.4) is 0 Å². The molecule has 27 heavy (non-hydrogen) atoms. The third-order valence-electron chi connectivity index (χ3n) is 4.62. The number of ether oxygens (including phenoxy) is 1. The number of hydrogen-bond donors (Lipinski definition) is 1. The van der Waals surface area contributed by atoms with E-state index in [0.29, 0.717) is 24.2 Å². The molecule has 1 fully saturated rings. The van der Waals surface area contributed by atoms with Crippen molar-refractivity contribution < 1.29 is 19.1 Å². The monoisotopic (exact) mass is 366 g/mol. The lowest BCUT2D eigenvalue weighted by molar-refractivity contribution is -0.142. The van der Waals surface area contributed by atoms with Gasteiger partial charge in [0.2, 0.25) is 12.0 Å². The van der Waals surface area contributed by atoms with Gasteiger partial charge in [0.25, 0.3) is 5.91 Å². The lowest BCUT2D eigenvalue weighted by Gasteiger charge is -2.30. The van der Waals surface area contributed by atoms with E-state index in [1.807, 2.05) is 6.07 Å². The molecule has 2 aromatic carbocycles. The minimum absolute atomic E-state index is 0.206. The number of hydrogen-bond acceptors (Lipinski definition) is 4. The van der Waals surface area contributed by atoms with Gasteiger partial charge in [0.15, 0.2) is 0 Å². The molecule has 140 valence electrons. The molecule has 1 saturated heterocycles. The van der Waals surface area contributed by atoms with E-state index in [2.05, 4.69) is 0 Å². The number of esters is 1. The Hall–Kier alpha value is -3.15. The van der Waals surface area contributed by atoms with Crippen molar-refractivity contribution in [2.24, 2.45) is 5.73 Å². The first-order valence-corrected chi connectivity index (χ1v) is 9.01. The summed E-state index contributed by atoms with van der Waals surface area (Å²) < 4.78 is 5.59. The highest BCUT2D eigenvalue weighted by Gasteiger charge is 2.30. The van der Waals surface area contributed by atoms with Gasteiger partial charge in [-0.3, -0.25) is 9.59 Å². The summed E-state index contributed by atoms with van der Waals surface area (Å²) in [6.45, 7) is 1.35. The first-order valence-electron chi connectivity index (χ1n) is 9.01. The van der Waals surface area contributed by atoms with Crippen LogP contribution in [0, 0.1) is 0 Å². The number of rotatable bonds is 5. The Bertz CT molecular complexity index is 812. The number of benzene rings is 2. The molecule has 6 nitrogen and oxygen atoms in total. The van der Waals surface area contributed by atoms with Crippen LogP contribution in [0.4, 0.5) is 0 Å². The maximum Gasteiger partial charge on any atom is 0.339 e. The number of nitrogens with two attached hydrogens (primary N) is 1. The predicted molar refractivity (Wildman–Crippen MR) is 100.0 cm³/mol. The summed E-state index contributed by atoms with van der Waals surface area (Å²) in [5, 5.41) is 0. The van der Waals surface area contributed by atoms with Crippen molar-refractivity contribution in [3.63, 3.8) is 0 Å². The first-order chi connectivity index (χ1) is 13.1. The molecule has 0 saturated carbocycles. The van der Waals surface area contributed by atoms with Gasteiger partial charge >= 0.3 is 5.97 Å². The normalized spacial score (nSPS) is 15.0. The van der Waals surface area contributed by atoms with Crippen molar-refractivity contribution in [2.75, 3.05) is 13.1 Å². The third kappa shape index (κ3) is 4.53. The second kappa shape index (κ2) is 8.49. The maximum absolute atomic E-state index is 13.0. The smallest absolute Gasteiger partial charge is 0.339 e. The topological polar surface area (TPSA) is 89.7 Å². The van der Waals surface area contributed by atoms with Crippen LogP contribution in [-0.4, -0.2) is 35.8 Å². The highest BCUT2D eigenvalue weighted by atomic mass is 16.5. The Morgan fingerprint density at radius 3 is 2.04 bits per heavy atom. The number of piperidine rings is 1. The number of primary amides is 1. The Morgan fingerprint density at radius 1 is 0.852 bits per heavy atom. The Balaban J connectivity index is 1.81. The Kier molecular flexibility index (Phi) is 5.86. The Morgan fingerprint density at radius 2 is 1.44 bits per heavy atom. The van der Waals surface area contributed by atoms with E-state index in [-0.39, 0.29) is 11.5 Å².